The van der Waals surface area contributed by atoms with Crippen LogP contribution in [0.4, 0.5) is 0 Å². The Hall–Kier alpha value is -1.31. The zero-order valence-corrected chi connectivity index (χ0v) is 8.30. The monoisotopic (exact) mass is 180 g/mol. The minimum atomic E-state index is -0.278. The van der Waals surface area contributed by atoms with Crippen molar-refractivity contribution in [3.63, 3.8) is 0 Å². The van der Waals surface area contributed by atoms with Gasteiger partial charge in [0, 0.05) is 5.57 Å². The number of hydrogen-bond donors (Lipinski definition) is 0. The lowest BCUT2D eigenvalue weighted by molar-refractivity contribution is -0.137. The maximum atomic E-state index is 11.4. The fraction of sp³-hybridized carbons (Fsp3) is 0.364. The summed E-state index contributed by atoms with van der Waals surface area (Å²) >= 11 is 0. The van der Waals surface area contributed by atoms with Gasteiger partial charge in [0.1, 0.15) is 6.61 Å². The molecule has 0 saturated heterocycles. The van der Waals surface area contributed by atoms with E-state index in [1.807, 2.05) is 13.8 Å². The molecule has 13 heavy (non-hydrogen) atoms. The van der Waals surface area contributed by atoms with Gasteiger partial charge in [0.05, 0.1) is 0 Å². The topological polar surface area (TPSA) is 26.3 Å². The smallest absolute Gasteiger partial charge is 0.334 e. The molecule has 0 aliphatic carbocycles. The molecule has 0 fully saturated rings. The molecule has 0 rings (SSSR count). The first-order valence-corrected chi connectivity index (χ1v) is 4.18. The van der Waals surface area contributed by atoms with Gasteiger partial charge in [-0.1, -0.05) is 24.3 Å². The molecule has 0 aromatic carbocycles. The third kappa shape index (κ3) is 4.31. The van der Waals surface area contributed by atoms with Crippen molar-refractivity contribution in [3.8, 4) is 0 Å². The largest absolute Gasteiger partial charge is 0.458 e. The first kappa shape index (κ1) is 11.7. The number of carbonyl (C=O) groups is 1. The Morgan fingerprint density at radius 3 is 2.31 bits per heavy atom. The number of allylic oxidation sites excluding steroid dienone is 2. The molecule has 0 bridgehead atoms. The van der Waals surface area contributed by atoms with Crippen LogP contribution in [0.15, 0.2) is 36.5 Å². The standard InChI is InChI=1S/C11H16O2/c1-5-7-10(9(3)4)11(12)13-8-6-2/h5-6H,1-2,7-8H2,3-4H3. The van der Waals surface area contributed by atoms with Crippen LogP contribution in [-0.2, 0) is 9.53 Å². The van der Waals surface area contributed by atoms with E-state index in [2.05, 4.69) is 13.2 Å². The summed E-state index contributed by atoms with van der Waals surface area (Å²) in [6.07, 6.45) is 3.80. The van der Waals surface area contributed by atoms with Crippen molar-refractivity contribution in [2.75, 3.05) is 6.61 Å². The molecule has 0 spiro atoms. The number of carbonyl (C=O) groups excluding carboxylic acids is 1. The minimum Gasteiger partial charge on any atom is -0.458 e. The second-order valence-electron chi connectivity index (χ2n) is 2.86. The van der Waals surface area contributed by atoms with Crippen LogP contribution in [0, 0.1) is 0 Å². The summed E-state index contributed by atoms with van der Waals surface area (Å²) in [4.78, 5) is 11.4. The highest BCUT2D eigenvalue weighted by atomic mass is 16.5. The van der Waals surface area contributed by atoms with Gasteiger partial charge in [-0.05, 0) is 20.3 Å². The lowest BCUT2D eigenvalue weighted by Gasteiger charge is -2.06. The Bertz CT molecular complexity index is 232. The Kier molecular flexibility index (Phi) is 5.60. The molecule has 0 aromatic rings. The summed E-state index contributed by atoms with van der Waals surface area (Å²) in [6.45, 7) is 11.1. The fourth-order valence-corrected chi connectivity index (χ4v) is 0.858. The zero-order valence-electron chi connectivity index (χ0n) is 8.30. The van der Waals surface area contributed by atoms with Crippen LogP contribution >= 0.6 is 0 Å². The van der Waals surface area contributed by atoms with E-state index in [-0.39, 0.29) is 12.6 Å². The van der Waals surface area contributed by atoms with Gasteiger partial charge in [0.2, 0.25) is 0 Å². The molecule has 0 atom stereocenters. The fourth-order valence-electron chi connectivity index (χ4n) is 0.858. The molecule has 72 valence electrons. The van der Waals surface area contributed by atoms with Crippen LogP contribution in [0.1, 0.15) is 20.3 Å². The minimum absolute atomic E-state index is 0.257. The molecule has 0 unspecified atom stereocenters. The normalized spacial score (nSPS) is 8.77. The molecule has 0 amide bonds. The van der Waals surface area contributed by atoms with Crippen molar-refractivity contribution in [1.29, 1.82) is 0 Å². The van der Waals surface area contributed by atoms with Gasteiger partial charge >= 0.3 is 5.97 Å². The van der Waals surface area contributed by atoms with Crippen LogP contribution < -0.4 is 0 Å². The average Bonchev–Trinajstić information content (AvgIpc) is 2.09. The van der Waals surface area contributed by atoms with Gasteiger partial charge in [-0.2, -0.15) is 0 Å². The van der Waals surface area contributed by atoms with E-state index in [9.17, 15) is 4.79 Å². The highest BCUT2D eigenvalue weighted by Crippen LogP contribution is 2.10. The second kappa shape index (κ2) is 6.23. The Morgan fingerprint density at radius 1 is 1.31 bits per heavy atom. The SMILES string of the molecule is C=CCOC(=O)C(CC=C)=C(C)C. The van der Waals surface area contributed by atoms with Crippen LogP contribution in [-0.4, -0.2) is 12.6 Å². The van der Waals surface area contributed by atoms with Crippen molar-refractivity contribution < 1.29 is 9.53 Å². The summed E-state index contributed by atoms with van der Waals surface area (Å²) in [7, 11) is 0. The van der Waals surface area contributed by atoms with Crippen molar-refractivity contribution >= 4 is 5.97 Å². The van der Waals surface area contributed by atoms with E-state index in [0.29, 0.717) is 12.0 Å². The molecule has 0 saturated carbocycles. The summed E-state index contributed by atoms with van der Waals surface area (Å²) < 4.78 is 4.90. The van der Waals surface area contributed by atoms with Crippen LogP contribution in [0.5, 0.6) is 0 Å². The van der Waals surface area contributed by atoms with Crippen molar-refractivity contribution in [2.24, 2.45) is 0 Å². The molecule has 0 aromatic heterocycles. The van der Waals surface area contributed by atoms with Crippen LogP contribution in [0.25, 0.3) is 0 Å². The van der Waals surface area contributed by atoms with Crippen molar-refractivity contribution in [2.45, 2.75) is 20.3 Å². The summed E-state index contributed by atoms with van der Waals surface area (Å²) in [5.41, 5.74) is 1.64. The quantitative estimate of drug-likeness (QED) is 0.369. The predicted octanol–water partition coefficient (Wildman–Crippen LogP) is 2.63. The van der Waals surface area contributed by atoms with Crippen LogP contribution in [0.2, 0.25) is 0 Å². The van der Waals surface area contributed by atoms with E-state index in [1.54, 1.807) is 12.2 Å². The van der Waals surface area contributed by atoms with Gasteiger partial charge in [-0.3, -0.25) is 0 Å². The highest BCUT2D eigenvalue weighted by Gasteiger charge is 2.09. The van der Waals surface area contributed by atoms with Gasteiger partial charge in [0.15, 0.2) is 0 Å². The molecule has 2 heteroatoms. The maximum Gasteiger partial charge on any atom is 0.334 e. The lowest BCUT2D eigenvalue weighted by atomic mass is 10.1. The van der Waals surface area contributed by atoms with Gasteiger partial charge < -0.3 is 4.74 Å². The number of hydrogen-bond acceptors (Lipinski definition) is 2. The van der Waals surface area contributed by atoms with E-state index >= 15 is 0 Å². The molecular formula is C11H16O2. The predicted molar refractivity (Wildman–Crippen MR) is 54.3 cm³/mol. The third-order valence-electron chi connectivity index (χ3n) is 1.53. The molecule has 0 N–H and O–H groups in total. The van der Waals surface area contributed by atoms with E-state index < -0.39 is 0 Å². The van der Waals surface area contributed by atoms with Crippen molar-refractivity contribution in [1.82, 2.24) is 0 Å². The van der Waals surface area contributed by atoms with E-state index in [0.717, 1.165) is 5.57 Å². The molecular weight excluding hydrogens is 164 g/mol. The van der Waals surface area contributed by atoms with Gasteiger partial charge in [-0.25, -0.2) is 4.79 Å². The van der Waals surface area contributed by atoms with Crippen LogP contribution in [0.3, 0.4) is 0 Å². The van der Waals surface area contributed by atoms with E-state index in [1.165, 1.54) is 0 Å². The molecule has 0 radical (unpaired) electrons. The first-order chi connectivity index (χ1) is 6.13. The molecule has 0 aliphatic heterocycles. The first-order valence-electron chi connectivity index (χ1n) is 4.18. The Labute approximate surface area is 79.6 Å². The zero-order chi connectivity index (χ0) is 10.3. The molecule has 0 aliphatic rings. The average molecular weight is 180 g/mol. The molecule has 0 heterocycles. The second-order valence-corrected chi connectivity index (χ2v) is 2.86. The van der Waals surface area contributed by atoms with Crippen molar-refractivity contribution in [3.05, 3.63) is 36.5 Å². The summed E-state index contributed by atoms with van der Waals surface area (Å²) in [6, 6.07) is 0. The van der Waals surface area contributed by atoms with Gasteiger partial charge in [-0.15, -0.1) is 6.58 Å². The highest BCUT2D eigenvalue weighted by molar-refractivity contribution is 5.89. The maximum absolute atomic E-state index is 11.4. The number of rotatable bonds is 5. The van der Waals surface area contributed by atoms with Gasteiger partial charge in [0.25, 0.3) is 0 Å². The lowest BCUT2D eigenvalue weighted by Crippen LogP contribution is -2.08. The van der Waals surface area contributed by atoms with E-state index in [4.69, 9.17) is 4.74 Å². The third-order valence-corrected chi connectivity index (χ3v) is 1.53. The summed E-state index contributed by atoms with van der Waals surface area (Å²) in [5, 5.41) is 0. The molecule has 2 nitrogen and oxygen atoms in total. The Balaban J connectivity index is 4.38. The number of esters is 1. The number of ether oxygens (including phenoxy) is 1. The Morgan fingerprint density at radius 2 is 1.92 bits per heavy atom. The summed E-state index contributed by atoms with van der Waals surface area (Å²) in [5.74, 6) is -0.278.